The summed E-state index contributed by atoms with van der Waals surface area (Å²) < 4.78 is 5.45. The predicted molar refractivity (Wildman–Crippen MR) is 69.6 cm³/mol. The van der Waals surface area contributed by atoms with Gasteiger partial charge in [0, 0.05) is 23.1 Å². The topological polar surface area (TPSA) is 38.3 Å². The number of amides is 1. The number of nitrogens with one attached hydrogen (secondary N) is 1. The molecule has 0 atom stereocenters. The van der Waals surface area contributed by atoms with Gasteiger partial charge in [-0.05, 0) is 38.0 Å². The number of ether oxygens (including phenoxy) is 1. The Balaban J connectivity index is 1.83. The number of benzene rings is 1. The molecule has 3 nitrogen and oxygen atoms in total. The van der Waals surface area contributed by atoms with Gasteiger partial charge in [-0.2, -0.15) is 0 Å². The number of rotatable bonds is 4. The second kappa shape index (κ2) is 5.56. The fraction of sp³-hybridized carbons (Fsp3) is 0.462. The van der Waals surface area contributed by atoms with Gasteiger partial charge in [0.15, 0.2) is 0 Å². The van der Waals surface area contributed by atoms with E-state index in [9.17, 15) is 4.79 Å². The van der Waals surface area contributed by atoms with Gasteiger partial charge in [-0.25, -0.2) is 0 Å². The molecule has 0 heterocycles. The van der Waals surface area contributed by atoms with Crippen molar-refractivity contribution in [3.05, 3.63) is 29.8 Å². The number of hydrogen-bond donors (Lipinski definition) is 2. The van der Waals surface area contributed by atoms with Crippen molar-refractivity contribution in [2.75, 3.05) is 6.61 Å². The molecule has 0 spiro atoms. The first-order valence-electron chi connectivity index (χ1n) is 5.90. The zero-order chi connectivity index (χ0) is 12.3. The molecule has 1 amide bonds. The van der Waals surface area contributed by atoms with Gasteiger partial charge in [-0.3, -0.25) is 4.79 Å². The van der Waals surface area contributed by atoms with Gasteiger partial charge in [-0.1, -0.05) is 6.07 Å². The van der Waals surface area contributed by atoms with E-state index in [0.717, 1.165) is 24.3 Å². The number of carbonyl (C=O) groups is 1. The lowest BCUT2D eigenvalue weighted by Gasteiger charge is -2.35. The normalized spacial score (nSPS) is 22.9. The van der Waals surface area contributed by atoms with Crippen LogP contribution in [-0.4, -0.2) is 24.7 Å². The summed E-state index contributed by atoms with van der Waals surface area (Å²) in [4.78, 5) is 12.7. The number of carbonyl (C=O) groups excluding carboxylic acids is 1. The third-order valence-corrected chi connectivity index (χ3v) is 3.22. The average molecular weight is 251 g/mol. The first-order valence-corrected chi connectivity index (χ1v) is 6.35. The molecule has 0 aliphatic heterocycles. The van der Waals surface area contributed by atoms with E-state index < -0.39 is 0 Å². The standard InChI is InChI=1S/C13H17NO2S/c1-2-16-11-7-10(8-11)14-13(15)9-4-3-5-12(17)6-9/h3-6,10-11,17H,2,7-8H2,1H3,(H,14,15). The second-order valence-electron chi connectivity index (χ2n) is 4.27. The molecule has 1 N–H and O–H groups in total. The van der Waals surface area contributed by atoms with Gasteiger partial charge in [-0.15, -0.1) is 12.6 Å². The zero-order valence-electron chi connectivity index (χ0n) is 9.85. The van der Waals surface area contributed by atoms with Crippen LogP contribution in [0.3, 0.4) is 0 Å². The zero-order valence-corrected chi connectivity index (χ0v) is 10.7. The predicted octanol–water partition coefficient (Wildman–Crippen LogP) is 2.27. The molecule has 1 fully saturated rings. The molecule has 1 aliphatic carbocycles. The third-order valence-electron chi connectivity index (χ3n) is 2.94. The van der Waals surface area contributed by atoms with Crippen molar-refractivity contribution in [3.8, 4) is 0 Å². The molecule has 1 aromatic carbocycles. The molecule has 0 unspecified atom stereocenters. The second-order valence-corrected chi connectivity index (χ2v) is 4.79. The van der Waals surface area contributed by atoms with E-state index in [1.165, 1.54) is 0 Å². The number of hydrogen-bond acceptors (Lipinski definition) is 3. The minimum Gasteiger partial charge on any atom is -0.378 e. The van der Waals surface area contributed by atoms with Crippen LogP contribution < -0.4 is 5.32 Å². The van der Waals surface area contributed by atoms with Crippen molar-refractivity contribution in [1.29, 1.82) is 0 Å². The Labute approximate surface area is 107 Å². The molecule has 0 bridgehead atoms. The van der Waals surface area contributed by atoms with Gasteiger partial charge < -0.3 is 10.1 Å². The Morgan fingerprint density at radius 1 is 1.53 bits per heavy atom. The summed E-state index contributed by atoms with van der Waals surface area (Å²) in [5.41, 5.74) is 0.664. The minimum absolute atomic E-state index is 0.0270. The SMILES string of the molecule is CCOC1CC(NC(=O)c2cccc(S)c2)C1. The largest absolute Gasteiger partial charge is 0.378 e. The summed E-state index contributed by atoms with van der Waals surface area (Å²) in [5, 5.41) is 3.00. The highest BCUT2D eigenvalue weighted by Gasteiger charge is 2.30. The Bertz CT molecular complexity index is 402. The van der Waals surface area contributed by atoms with E-state index >= 15 is 0 Å². The maximum absolute atomic E-state index is 11.9. The van der Waals surface area contributed by atoms with Crippen molar-refractivity contribution in [3.63, 3.8) is 0 Å². The Kier molecular flexibility index (Phi) is 4.07. The summed E-state index contributed by atoms with van der Waals surface area (Å²) in [6.45, 7) is 2.73. The van der Waals surface area contributed by atoms with Crippen LogP contribution in [0, 0.1) is 0 Å². The summed E-state index contributed by atoms with van der Waals surface area (Å²) >= 11 is 4.22. The molecule has 92 valence electrons. The summed E-state index contributed by atoms with van der Waals surface area (Å²) in [6, 6.07) is 7.52. The Hall–Kier alpha value is -1.00. The van der Waals surface area contributed by atoms with Crippen molar-refractivity contribution < 1.29 is 9.53 Å². The molecule has 0 radical (unpaired) electrons. The summed E-state index contributed by atoms with van der Waals surface area (Å²) in [5.74, 6) is -0.0270. The van der Waals surface area contributed by atoms with Crippen LogP contribution in [0.2, 0.25) is 0 Å². The smallest absolute Gasteiger partial charge is 0.251 e. The first-order chi connectivity index (χ1) is 8.19. The van der Waals surface area contributed by atoms with Gasteiger partial charge in [0.25, 0.3) is 5.91 Å². The van der Waals surface area contributed by atoms with Crippen molar-refractivity contribution >= 4 is 18.5 Å². The third kappa shape index (κ3) is 3.23. The molecular formula is C13H17NO2S. The summed E-state index contributed by atoms with van der Waals surface area (Å²) in [6.07, 6.45) is 2.15. The quantitative estimate of drug-likeness (QED) is 0.806. The van der Waals surface area contributed by atoms with E-state index in [0.29, 0.717) is 11.7 Å². The molecular weight excluding hydrogens is 234 g/mol. The average Bonchev–Trinajstić information content (AvgIpc) is 2.26. The monoisotopic (exact) mass is 251 g/mol. The van der Waals surface area contributed by atoms with Gasteiger partial charge >= 0.3 is 0 Å². The molecule has 17 heavy (non-hydrogen) atoms. The highest BCUT2D eigenvalue weighted by Crippen LogP contribution is 2.23. The molecule has 0 aromatic heterocycles. The maximum atomic E-state index is 11.9. The van der Waals surface area contributed by atoms with Crippen molar-refractivity contribution in [2.45, 2.75) is 36.8 Å². The molecule has 2 rings (SSSR count). The van der Waals surface area contributed by atoms with Gasteiger partial charge in [0.05, 0.1) is 6.10 Å². The lowest BCUT2D eigenvalue weighted by Crippen LogP contribution is -2.47. The molecule has 1 aromatic rings. The Morgan fingerprint density at radius 3 is 2.94 bits per heavy atom. The van der Waals surface area contributed by atoms with Crippen LogP contribution in [0.5, 0.6) is 0 Å². The van der Waals surface area contributed by atoms with E-state index in [-0.39, 0.29) is 11.9 Å². The van der Waals surface area contributed by atoms with Crippen LogP contribution in [0.1, 0.15) is 30.1 Å². The Morgan fingerprint density at radius 2 is 2.29 bits per heavy atom. The van der Waals surface area contributed by atoms with E-state index in [4.69, 9.17) is 4.74 Å². The maximum Gasteiger partial charge on any atom is 0.251 e. The van der Waals surface area contributed by atoms with E-state index in [1.54, 1.807) is 12.1 Å². The first kappa shape index (κ1) is 12.5. The van der Waals surface area contributed by atoms with Crippen LogP contribution in [-0.2, 0) is 4.74 Å². The van der Waals surface area contributed by atoms with Crippen molar-refractivity contribution in [1.82, 2.24) is 5.32 Å². The van der Waals surface area contributed by atoms with Crippen LogP contribution in [0.4, 0.5) is 0 Å². The molecule has 4 heteroatoms. The van der Waals surface area contributed by atoms with E-state index in [1.807, 2.05) is 19.1 Å². The molecule has 0 saturated heterocycles. The number of thiol groups is 1. The van der Waals surface area contributed by atoms with Gasteiger partial charge in [0.1, 0.15) is 0 Å². The lowest BCUT2D eigenvalue weighted by atomic mass is 9.89. The fourth-order valence-electron chi connectivity index (χ4n) is 1.97. The lowest BCUT2D eigenvalue weighted by molar-refractivity contribution is -0.00862. The van der Waals surface area contributed by atoms with E-state index in [2.05, 4.69) is 17.9 Å². The highest BCUT2D eigenvalue weighted by molar-refractivity contribution is 7.80. The van der Waals surface area contributed by atoms with Crippen molar-refractivity contribution in [2.24, 2.45) is 0 Å². The van der Waals surface area contributed by atoms with Crippen LogP contribution in [0.25, 0.3) is 0 Å². The van der Waals surface area contributed by atoms with Crippen LogP contribution in [0.15, 0.2) is 29.2 Å². The minimum atomic E-state index is -0.0270. The van der Waals surface area contributed by atoms with Crippen LogP contribution >= 0.6 is 12.6 Å². The summed E-state index contributed by atoms with van der Waals surface area (Å²) in [7, 11) is 0. The molecule has 1 saturated carbocycles. The molecule has 1 aliphatic rings. The van der Waals surface area contributed by atoms with Gasteiger partial charge in [0.2, 0.25) is 0 Å². The fourth-order valence-corrected chi connectivity index (χ4v) is 2.20. The highest BCUT2D eigenvalue weighted by atomic mass is 32.1.